The van der Waals surface area contributed by atoms with Crippen LogP contribution in [-0.4, -0.2) is 57.1 Å². The fraction of sp³-hybridized carbons (Fsp3) is 0.292. The number of benzene rings is 2. The first kappa shape index (κ1) is 25.7. The molecule has 1 N–H and O–H groups in total. The summed E-state index contributed by atoms with van der Waals surface area (Å²) in [6.07, 6.45) is 2.64. The number of nitrogens with zero attached hydrogens (tertiary/aromatic N) is 1. The third kappa shape index (κ3) is 7.25. The molecular weight excluding hydrogens is 448 g/mol. The van der Waals surface area contributed by atoms with Crippen molar-refractivity contribution in [3.05, 3.63) is 58.1 Å². The maximum absolute atomic E-state index is 12.3. The second-order valence-corrected chi connectivity index (χ2v) is 7.65. The van der Waals surface area contributed by atoms with Crippen LogP contribution in [0.15, 0.2) is 36.4 Å². The van der Waals surface area contributed by atoms with Gasteiger partial charge in [-0.25, -0.2) is 4.79 Å². The Morgan fingerprint density at radius 2 is 1.76 bits per heavy atom. The van der Waals surface area contributed by atoms with E-state index in [1.165, 1.54) is 38.3 Å². The Hall–Kier alpha value is -3.52. The lowest BCUT2D eigenvalue weighted by Gasteiger charge is -2.18. The molecule has 0 fully saturated rings. The number of para-hydroxylation sites is 1. The van der Waals surface area contributed by atoms with E-state index in [4.69, 9.17) is 25.8 Å². The highest BCUT2D eigenvalue weighted by Crippen LogP contribution is 2.36. The van der Waals surface area contributed by atoms with E-state index in [0.29, 0.717) is 22.1 Å². The molecular formula is C24H27ClN2O6. The lowest BCUT2D eigenvalue weighted by molar-refractivity contribution is -0.148. The summed E-state index contributed by atoms with van der Waals surface area (Å²) in [5, 5.41) is 3.13. The predicted molar refractivity (Wildman–Crippen MR) is 127 cm³/mol. The summed E-state index contributed by atoms with van der Waals surface area (Å²) in [4.78, 5) is 37.7. The zero-order valence-corrected chi connectivity index (χ0v) is 20.0. The van der Waals surface area contributed by atoms with Crippen molar-refractivity contribution < 1.29 is 28.6 Å². The van der Waals surface area contributed by atoms with Gasteiger partial charge in [0.2, 0.25) is 5.91 Å². The molecule has 0 bridgehead atoms. The van der Waals surface area contributed by atoms with Gasteiger partial charge in [-0.1, -0.05) is 29.8 Å². The number of rotatable bonds is 9. The van der Waals surface area contributed by atoms with Crippen LogP contribution < -0.4 is 14.8 Å². The number of ether oxygens (including phenoxy) is 3. The van der Waals surface area contributed by atoms with Gasteiger partial charge in [-0.2, -0.15) is 0 Å². The van der Waals surface area contributed by atoms with Crippen LogP contribution in [0.1, 0.15) is 16.7 Å². The van der Waals surface area contributed by atoms with Crippen LogP contribution in [0, 0.1) is 13.8 Å². The van der Waals surface area contributed by atoms with Gasteiger partial charge in [0.15, 0.2) is 18.1 Å². The van der Waals surface area contributed by atoms with Gasteiger partial charge in [-0.3, -0.25) is 9.59 Å². The van der Waals surface area contributed by atoms with E-state index >= 15 is 0 Å². The van der Waals surface area contributed by atoms with Gasteiger partial charge in [0.1, 0.15) is 0 Å². The number of methoxy groups -OCH3 is 2. The van der Waals surface area contributed by atoms with Gasteiger partial charge < -0.3 is 24.4 Å². The Balaban J connectivity index is 1.87. The minimum atomic E-state index is -0.720. The van der Waals surface area contributed by atoms with Crippen LogP contribution in [0.2, 0.25) is 5.02 Å². The monoisotopic (exact) mass is 474 g/mol. The Morgan fingerprint density at radius 3 is 2.36 bits per heavy atom. The number of carbonyl (C=O) groups excluding carboxylic acids is 3. The van der Waals surface area contributed by atoms with Crippen molar-refractivity contribution in [3.8, 4) is 11.5 Å². The molecule has 33 heavy (non-hydrogen) atoms. The second kappa shape index (κ2) is 11.9. The fourth-order valence-corrected chi connectivity index (χ4v) is 3.28. The van der Waals surface area contributed by atoms with E-state index < -0.39 is 18.5 Å². The molecule has 0 saturated carbocycles. The molecule has 8 nitrogen and oxygen atoms in total. The van der Waals surface area contributed by atoms with E-state index in [2.05, 4.69) is 5.32 Å². The smallest absolute Gasteiger partial charge is 0.331 e. The molecule has 2 amide bonds. The van der Waals surface area contributed by atoms with Crippen molar-refractivity contribution in [2.24, 2.45) is 0 Å². The molecule has 0 spiro atoms. The summed E-state index contributed by atoms with van der Waals surface area (Å²) in [5.74, 6) is -0.784. The number of hydrogen-bond donors (Lipinski definition) is 1. The first-order chi connectivity index (χ1) is 15.7. The lowest BCUT2D eigenvalue weighted by atomic mass is 10.1. The van der Waals surface area contributed by atoms with Crippen molar-refractivity contribution >= 4 is 41.1 Å². The number of likely N-dealkylation sites (N-methyl/N-ethyl adjacent to an activating group) is 1. The van der Waals surface area contributed by atoms with Crippen molar-refractivity contribution in [1.82, 2.24) is 4.90 Å². The van der Waals surface area contributed by atoms with Crippen molar-refractivity contribution in [1.29, 1.82) is 0 Å². The van der Waals surface area contributed by atoms with Crippen LogP contribution in [0.5, 0.6) is 11.5 Å². The third-order valence-electron chi connectivity index (χ3n) is 4.76. The SMILES string of the molecule is COc1cc(/C=C/C(=O)OCC(=O)N(C)CC(=O)Nc2c(C)cccc2C)cc(Cl)c1OC. The molecule has 9 heteroatoms. The van der Waals surface area contributed by atoms with Crippen LogP contribution in [-0.2, 0) is 19.1 Å². The molecule has 0 aromatic heterocycles. The van der Waals surface area contributed by atoms with Crippen LogP contribution >= 0.6 is 11.6 Å². The fourth-order valence-electron chi connectivity index (χ4n) is 2.98. The Bertz CT molecular complexity index is 1050. The molecule has 2 rings (SSSR count). The largest absolute Gasteiger partial charge is 0.493 e. The van der Waals surface area contributed by atoms with Gasteiger partial charge in [0.25, 0.3) is 5.91 Å². The zero-order valence-electron chi connectivity index (χ0n) is 19.2. The molecule has 0 aliphatic heterocycles. The molecule has 0 aliphatic carbocycles. The number of nitrogens with one attached hydrogen (secondary N) is 1. The van der Waals surface area contributed by atoms with Gasteiger partial charge in [0, 0.05) is 18.8 Å². The molecule has 0 heterocycles. The van der Waals surface area contributed by atoms with Crippen LogP contribution in [0.3, 0.4) is 0 Å². The van der Waals surface area contributed by atoms with Gasteiger partial charge in [-0.15, -0.1) is 0 Å². The highest BCUT2D eigenvalue weighted by Gasteiger charge is 2.16. The average Bonchev–Trinajstić information content (AvgIpc) is 2.77. The van der Waals surface area contributed by atoms with Crippen molar-refractivity contribution in [2.45, 2.75) is 13.8 Å². The zero-order chi connectivity index (χ0) is 24.5. The molecule has 0 unspecified atom stereocenters. The average molecular weight is 475 g/mol. The first-order valence-electron chi connectivity index (χ1n) is 10.0. The number of carbonyl (C=O) groups is 3. The quantitative estimate of drug-likeness (QED) is 0.440. The molecule has 0 saturated heterocycles. The van der Waals surface area contributed by atoms with E-state index in [-0.39, 0.29) is 12.5 Å². The Morgan fingerprint density at radius 1 is 1.09 bits per heavy atom. The summed E-state index contributed by atoms with van der Waals surface area (Å²) >= 11 is 6.14. The van der Waals surface area contributed by atoms with E-state index in [1.54, 1.807) is 12.1 Å². The molecule has 176 valence electrons. The highest BCUT2D eigenvalue weighted by atomic mass is 35.5. The molecule has 2 aromatic rings. The minimum absolute atomic E-state index is 0.176. The summed E-state index contributed by atoms with van der Waals surface area (Å²) in [6, 6.07) is 8.92. The van der Waals surface area contributed by atoms with Crippen molar-refractivity contribution in [3.63, 3.8) is 0 Å². The molecule has 0 aliphatic rings. The predicted octanol–water partition coefficient (Wildman–Crippen LogP) is 3.63. The standard InChI is InChI=1S/C24H27ClN2O6/c1-15-7-6-8-16(2)23(15)26-20(28)13-27(3)21(29)14-33-22(30)10-9-17-11-18(25)24(32-5)19(12-17)31-4/h6-12H,13-14H2,1-5H3,(H,26,28)/b10-9+. The summed E-state index contributed by atoms with van der Waals surface area (Å²) < 4.78 is 15.4. The van der Waals surface area contributed by atoms with E-state index in [1.807, 2.05) is 32.0 Å². The second-order valence-electron chi connectivity index (χ2n) is 7.24. The Kier molecular flexibility index (Phi) is 9.30. The number of anilines is 1. The first-order valence-corrected chi connectivity index (χ1v) is 10.4. The maximum Gasteiger partial charge on any atom is 0.331 e. The maximum atomic E-state index is 12.3. The topological polar surface area (TPSA) is 94.2 Å². The number of esters is 1. The van der Waals surface area contributed by atoms with Gasteiger partial charge >= 0.3 is 5.97 Å². The molecule has 2 aromatic carbocycles. The highest BCUT2D eigenvalue weighted by molar-refractivity contribution is 6.32. The molecule has 0 atom stereocenters. The number of hydrogen-bond acceptors (Lipinski definition) is 6. The number of amides is 2. The minimum Gasteiger partial charge on any atom is -0.493 e. The van der Waals surface area contributed by atoms with Crippen LogP contribution in [0.4, 0.5) is 5.69 Å². The summed E-state index contributed by atoms with van der Waals surface area (Å²) in [5.41, 5.74) is 3.15. The van der Waals surface area contributed by atoms with E-state index in [0.717, 1.165) is 16.8 Å². The van der Waals surface area contributed by atoms with Gasteiger partial charge in [0.05, 0.1) is 25.8 Å². The normalized spacial score (nSPS) is 10.6. The third-order valence-corrected chi connectivity index (χ3v) is 5.04. The number of halogens is 1. The lowest BCUT2D eigenvalue weighted by Crippen LogP contribution is -2.37. The van der Waals surface area contributed by atoms with Crippen molar-refractivity contribution in [2.75, 3.05) is 39.7 Å². The molecule has 0 radical (unpaired) electrons. The van der Waals surface area contributed by atoms with E-state index in [9.17, 15) is 14.4 Å². The summed E-state index contributed by atoms with van der Waals surface area (Å²) in [6.45, 7) is 3.11. The number of aryl methyl sites for hydroxylation is 2. The summed E-state index contributed by atoms with van der Waals surface area (Å²) in [7, 11) is 4.40. The van der Waals surface area contributed by atoms with Crippen LogP contribution in [0.25, 0.3) is 6.08 Å². The Labute approximate surface area is 198 Å². The van der Waals surface area contributed by atoms with Gasteiger partial charge in [-0.05, 0) is 48.7 Å².